The molecular weight excluding hydrogens is 288 g/mol. The fraction of sp³-hybridized carbons (Fsp3) is 0.267. The first-order chi connectivity index (χ1) is 8.66. The van der Waals surface area contributed by atoms with E-state index in [1.54, 1.807) is 0 Å². The molecule has 18 heavy (non-hydrogen) atoms. The van der Waals surface area contributed by atoms with Crippen molar-refractivity contribution in [3.63, 3.8) is 0 Å². The van der Waals surface area contributed by atoms with Gasteiger partial charge in [-0.3, -0.25) is 4.98 Å². The lowest BCUT2D eigenvalue weighted by Crippen LogP contribution is -2.18. The van der Waals surface area contributed by atoms with Gasteiger partial charge < -0.3 is 5.32 Å². The van der Waals surface area contributed by atoms with E-state index in [2.05, 4.69) is 70.4 Å². The molecule has 94 valence electrons. The minimum absolute atomic E-state index is 0.339. The van der Waals surface area contributed by atoms with Crippen LogP contribution in [0.15, 0.2) is 47.2 Å². The molecule has 2 rings (SSSR count). The van der Waals surface area contributed by atoms with Crippen molar-refractivity contribution in [3.05, 3.63) is 63.9 Å². The topological polar surface area (TPSA) is 24.9 Å². The van der Waals surface area contributed by atoms with Crippen LogP contribution in [0.2, 0.25) is 0 Å². The minimum Gasteiger partial charge on any atom is -0.306 e. The van der Waals surface area contributed by atoms with Crippen LogP contribution in [0.3, 0.4) is 0 Å². The molecule has 0 fully saturated rings. The van der Waals surface area contributed by atoms with Crippen molar-refractivity contribution in [2.75, 3.05) is 0 Å². The molecule has 1 unspecified atom stereocenters. The van der Waals surface area contributed by atoms with E-state index >= 15 is 0 Å². The van der Waals surface area contributed by atoms with Crippen molar-refractivity contribution in [2.24, 2.45) is 0 Å². The number of rotatable bonds is 4. The SMILES string of the molecule is Cc1cnccc1CNC(C)c1ccc(Br)cc1. The second-order valence-corrected chi connectivity index (χ2v) is 5.37. The van der Waals surface area contributed by atoms with Gasteiger partial charge in [0.1, 0.15) is 0 Å². The summed E-state index contributed by atoms with van der Waals surface area (Å²) in [4.78, 5) is 4.11. The number of benzene rings is 1. The van der Waals surface area contributed by atoms with Gasteiger partial charge in [-0.05, 0) is 48.7 Å². The lowest BCUT2D eigenvalue weighted by Gasteiger charge is -2.15. The first-order valence-electron chi connectivity index (χ1n) is 6.05. The van der Waals surface area contributed by atoms with E-state index < -0.39 is 0 Å². The van der Waals surface area contributed by atoms with Gasteiger partial charge in [-0.15, -0.1) is 0 Å². The minimum atomic E-state index is 0.339. The maximum atomic E-state index is 4.11. The fourth-order valence-electron chi connectivity index (χ4n) is 1.83. The van der Waals surface area contributed by atoms with Gasteiger partial charge >= 0.3 is 0 Å². The van der Waals surface area contributed by atoms with E-state index in [0.29, 0.717) is 6.04 Å². The molecule has 1 aromatic carbocycles. The van der Waals surface area contributed by atoms with Gasteiger partial charge in [0.2, 0.25) is 0 Å². The molecule has 0 bridgehead atoms. The van der Waals surface area contributed by atoms with Gasteiger partial charge in [0, 0.05) is 29.5 Å². The van der Waals surface area contributed by atoms with Crippen LogP contribution in [-0.2, 0) is 6.54 Å². The second-order valence-electron chi connectivity index (χ2n) is 4.46. The Hall–Kier alpha value is -1.19. The Morgan fingerprint density at radius 2 is 1.94 bits per heavy atom. The molecule has 0 aliphatic carbocycles. The molecule has 1 atom stereocenters. The maximum Gasteiger partial charge on any atom is 0.0300 e. The Balaban J connectivity index is 1.98. The molecule has 0 saturated heterocycles. The zero-order chi connectivity index (χ0) is 13.0. The van der Waals surface area contributed by atoms with Crippen LogP contribution in [-0.4, -0.2) is 4.98 Å². The Bertz CT molecular complexity index is 508. The lowest BCUT2D eigenvalue weighted by atomic mass is 10.1. The van der Waals surface area contributed by atoms with Gasteiger partial charge in [-0.1, -0.05) is 28.1 Å². The third-order valence-electron chi connectivity index (χ3n) is 3.11. The summed E-state index contributed by atoms with van der Waals surface area (Å²) in [6.45, 7) is 5.14. The number of nitrogens with one attached hydrogen (secondary N) is 1. The molecule has 0 saturated carbocycles. The highest BCUT2D eigenvalue weighted by Gasteiger charge is 2.05. The van der Waals surface area contributed by atoms with Crippen molar-refractivity contribution in [2.45, 2.75) is 26.4 Å². The molecular formula is C15H17BrN2. The van der Waals surface area contributed by atoms with Crippen LogP contribution in [0, 0.1) is 6.92 Å². The van der Waals surface area contributed by atoms with E-state index in [0.717, 1.165) is 11.0 Å². The standard InChI is InChI=1S/C15H17BrN2/c1-11-9-17-8-7-14(11)10-18-12(2)13-3-5-15(16)6-4-13/h3-9,12,18H,10H2,1-2H3. The number of hydrogen-bond acceptors (Lipinski definition) is 2. The average Bonchev–Trinajstić information content (AvgIpc) is 2.38. The van der Waals surface area contributed by atoms with Crippen LogP contribution in [0.1, 0.15) is 29.7 Å². The van der Waals surface area contributed by atoms with Crippen molar-refractivity contribution < 1.29 is 0 Å². The van der Waals surface area contributed by atoms with Crippen molar-refractivity contribution >= 4 is 15.9 Å². The molecule has 0 radical (unpaired) electrons. The lowest BCUT2D eigenvalue weighted by molar-refractivity contribution is 0.573. The van der Waals surface area contributed by atoms with Crippen molar-refractivity contribution in [1.29, 1.82) is 0 Å². The van der Waals surface area contributed by atoms with Crippen molar-refractivity contribution in [1.82, 2.24) is 10.3 Å². The Labute approximate surface area is 117 Å². The Morgan fingerprint density at radius 1 is 1.22 bits per heavy atom. The Kier molecular flexibility index (Phi) is 4.50. The van der Waals surface area contributed by atoms with Crippen LogP contribution in [0.25, 0.3) is 0 Å². The first-order valence-corrected chi connectivity index (χ1v) is 6.84. The highest BCUT2D eigenvalue weighted by Crippen LogP contribution is 2.17. The molecule has 0 aliphatic rings. The molecule has 2 aromatic rings. The molecule has 3 heteroatoms. The summed E-state index contributed by atoms with van der Waals surface area (Å²) in [7, 11) is 0. The summed E-state index contributed by atoms with van der Waals surface area (Å²) >= 11 is 3.45. The number of halogens is 1. The molecule has 0 amide bonds. The van der Waals surface area contributed by atoms with Crippen LogP contribution >= 0.6 is 15.9 Å². The molecule has 1 aromatic heterocycles. The summed E-state index contributed by atoms with van der Waals surface area (Å²) in [6, 6.07) is 10.8. The zero-order valence-corrected chi connectivity index (χ0v) is 12.2. The smallest absolute Gasteiger partial charge is 0.0300 e. The average molecular weight is 305 g/mol. The Morgan fingerprint density at radius 3 is 2.61 bits per heavy atom. The molecule has 2 nitrogen and oxygen atoms in total. The van der Waals surface area contributed by atoms with Gasteiger partial charge in [0.25, 0.3) is 0 Å². The van der Waals surface area contributed by atoms with Gasteiger partial charge in [0.15, 0.2) is 0 Å². The fourth-order valence-corrected chi connectivity index (χ4v) is 2.10. The van der Waals surface area contributed by atoms with E-state index in [1.165, 1.54) is 16.7 Å². The third-order valence-corrected chi connectivity index (χ3v) is 3.63. The van der Waals surface area contributed by atoms with E-state index in [9.17, 15) is 0 Å². The third kappa shape index (κ3) is 3.40. The molecule has 0 aliphatic heterocycles. The first kappa shape index (κ1) is 13.2. The highest BCUT2D eigenvalue weighted by atomic mass is 79.9. The zero-order valence-electron chi connectivity index (χ0n) is 10.7. The summed E-state index contributed by atoms with van der Waals surface area (Å²) in [5.41, 5.74) is 3.83. The predicted molar refractivity (Wildman–Crippen MR) is 78.4 cm³/mol. The number of nitrogens with zero attached hydrogens (tertiary/aromatic N) is 1. The van der Waals surface area contributed by atoms with Crippen LogP contribution in [0.5, 0.6) is 0 Å². The predicted octanol–water partition coefficient (Wildman–Crippen LogP) is 4.00. The number of aromatic nitrogens is 1. The van der Waals surface area contributed by atoms with Crippen LogP contribution < -0.4 is 5.32 Å². The van der Waals surface area contributed by atoms with E-state index in [1.807, 2.05) is 12.4 Å². The maximum absolute atomic E-state index is 4.11. The highest BCUT2D eigenvalue weighted by molar-refractivity contribution is 9.10. The van der Waals surface area contributed by atoms with Gasteiger partial charge in [-0.25, -0.2) is 0 Å². The quantitative estimate of drug-likeness (QED) is 0.923. The monoisotopic (exact) mass is 304 g/mol. The number of aryl methyl sites for hydroxylation is 1. The number of pyridine rings is 1. The van der Waals surface area contributed by atoms with E-state index in [4.69, 9.17) is 0 Å². The van der Waals surface area contributed by atoms with Gasteiger partial charge in [0.05, 0.1) is 0 Å². The molecule has 1 heterocycles. The summed E-state index contributed by atoms with van der Waals surface area (Å²) in [5.74, 6) is 0. The normalized spacial score (nSPS) is 12.4. The second kappa shape index (κ2) is 6.12. The van der Waals surface area contributed by atoms with Gasteiger partial charge in [-0.2, -0.15) is 0 Å². The van der Waals surface area contributed by atoms with E-state index in [-0.39, 0.29) is 0 Å². The summed E-state index contributed by atoms with van der Waals surface area (Å²) in [6.07, 6.45) is 3.75. The summed E-state index contributed by atoms with van der Waals surface area (Å²) in [5, 5.41) is 3.53. The molecule has 0 spiro atoms. The largest absolute Gasteiger partial charge is 0.306 e. The van der Waals surface area contributed by atoms with Crippen molar-refractivity contribution in [3.8, 4) is 0 Å². The summed E-state index contributed by atoms with van der Waals surface area (Å²) < 4.78 is 1.11. The molecule has 1 N–H and O–H groups in total. The van der Waals surface area contributed by atoms with Crippen LogP contribution in [0.4, 0.5) is 0 Å². The number of hydrogen-bond donors (Lipinski definition) is 1.